The molecule has 0 amide bonds. The Morgan fingerprint density at radius 3 is 2.58 bits per heavy atom. The summed E-state index contributed by atoms with van der Waals surface area (Å²) < 4.78 is 18.9. The van der Waals surface area contributed by atoms with Gasteiger partial charge in [-0.15, -0.1) is 11.3 Å². The fraction of sp³-hybridized carbons (Fsp3) is 0.286. The van der Waals surface area contributed by atoms with Gasteiger partial charge in [-0.2, -0.15) is 0 Å². The molecule has 1 heterocycles. The maximum atomic E-state index is 13.0. The van der Waals surface area contributed by atoms with E-state index in [1.54, 1.807) is 11.3 Å². The number of ether oxygens (including phenoxy) is 1. The summed E-state index contributed by atoms with van der Waals surface area (Å²) in [5.74, 6) is 0.0538. The number of aryl methyl sites for hydroxylation is 1. The van der Waals surface area contributed by atoms with Crippen LogP contribution in [-0.4, -0.2) is 6.04 Å². The van der Waals surface area contributed by atoms with Gasteiger partial charge < -0.3 is 10.5 Å². The zero-order valence-corrected chi connectivity index (χ0v) is 12.3. The van der Waals surface area contributed by atoms with Crippen molar-refractivity contribution in [1.82, 2.24) is 0 Å². The van der Waals surface area contributed by atoms with Crippen LogP contribution < -0.4 is 10.5 Å². The largest absolute Gasteiger partial charge is 0.482 e. The Labute approximate surface area is 121 Å². The van der Waals surface area contributed by atoms with Crippen molar-refractivity contribution in [3.63, 3.8) is 0 Å². The lowest BCUT2D eigenvalue weighted by atomic mass is 10.1. The number of nitrogens with two attached hydrogens (primary N) is 1. The number of rotatable bonds is 4. The van der Waals surface area contributed by atoms with Gasteiger partial charge in [0.2, 0.25) is 0 Å². The predicted octanol–water partition coefficient (Wildman–Crippen LogP) is 4.32. The molecule has 2 atom stereocenters. The minimum Gasteiger partial charge on any atom is -0.482 e. The summed E-state index contributed by atoms with van der Waals surface area (Å²) in [6.45, 7) is 3.90. The fourth-order valence-electron chi connectivity index (χ4n) is 1.74. The molecule has 0 saturated carbocycles. The van der Waals surface area contributed by atoms with Crippen molar-refractivity contribution in [2.24, 2.45) is 5.73 Å². The van der Waals surface area contributed by atoms with E-state index in [9.17, 15) is 4.39 Å². The Bertz CT molecular complexity index is 570. The van der Waals surface area contributed by atoms with E-state index in [0.717, 1.165) is 4.88 Å². The van der Waals surface area contributed by atoms with Crippen LogP contribution in [0.15, 0.2) is 30.3 Å². The van der Waals surface area contributed by atoms with E-state index in [1.807, 2.05) is 26.0 Å². The molecule has 0 saturated heterocycles. The highest BCUT2D eigenvalue weighted by molar-refractivity contribution is 7.12. The Balaban J connectivity index is 2.26. The van der Waals surface area contributed by atoms with E-state index >= 15 is 0 Å². The second-order valence-electron chi connectivity index (χ2n) is 4.42. The molecule has 0 aliphatic rings. The third-order valence-corrected chi connectivity index (χ3v) is 4.02. The molecule has 19 heavy (non-hydrogen) atoms. The number of thiophene rings is 1. The Kier molecular flexibility index (Phi) is 4.45. The zero-order valence-electron chi connectivity index (χ0n) is 10.7. The smallest absolute Gasteiger partial charge is 0.148 e. The molecule has 0 aliphatic heterocycles. The number of hydrogen-bond acceptors (Lipinski definition) is 3. The third-order valence-electron chi connectivity index (χ3n) is 2.67. The van der Waals surface area contributed by atoms with Crippen LogP contribution in [0.4, 0.5) is 4.39 Å². The number of hydrogen-bond donors (Lipinski definition) is 1. The van der Waals surface area contributed by atoms with Crippen LogP contribution in [0.2, 0.25) is 5.02 Å². The Morgan fingerprint density at radius 1 is 1.32 bits per heavy atom. The number of halogens is 2. The third kappa shape index (κ3) is 3.47. The van der Waals surface area contributed by atoms with Crippen molar-refractivity contribution in [1.29, 1.82) is 0 Å². The molecular formula is C14H15ClFNOS. The quantitative estimate of drug-likeness (QED) is 0.912. The van der Waals surface area contributed by atoms with Crippen LogP contribution in [0.25, 0.3) is 0 Å². The summed E-state index contributed by atoms with van der Waals surface area (Å²) in [7, 11) is 0. The standard InChI is InChI=1S/C14H15ClFNOS/c1-8-3-6-13(19-8)14(9(2)17)18-12-5-4-10(16)7-11(12)15/h3-7,9,14H,17H2,1-2H3. The first kappa shape index (κ1) is 14.3. The SMILES string of the molecule is Cc1ccc(C(Oc2ccc(F)cc2Cl)C(C)N)s1. The van der Waals surface area contributed by atoms with E-state index < -0.39 is 0 Å². The van der Waals surface area contributed by atoms with Crippen LogP contribution in [0.5, 0.6) is 5.75 Å². The van der Waals surface area contributed by atoms with Crippen LogP contribution in [-0.2, 0) is 0 Å². The van der Waals surface area contributed by atoms with Gasteiger partial charge in [-0.1, -0.05) is 11.6 Å². The second-order valence-corrected chi connectivity index (χ2v) is 6.15. The van der Waals surface area contributed by atoms with Crippen LogP contribution in [0, 0.1) is 12.7 Å². The van der Waals surface area contributed by atoms with Crippen LogP contribution in [0.1, 0.15) is 22.8 Å². The first-order valence-electron chi connectivity index (χ1n) is 5.91. The Morgan fingerprint density at radius 2 is 2.05 bits per heavy atom. The molecule has 2 nitrogen and oxygen atoms in total. The van der Waals surface area contributed by atoms with Crippen molar-refractivity contribution in [3.8, 4) is 5.75 Å². The number of benzene rings is 1. The molecule has 2 N–H and O–H groups in total. The molecule has 0 aliphatic carbocycles. The van der Waals surface area contributed by atoms with Gasteiger partial charge in [0.05, 0.1) is 5.02 Å². The van der Waals surface area contributed by atoms with Gasteiger partial charge in [-0.25, -0.2) is 4.39 Å². The minimum atomic E-state index is -0.387. The fourth-order valence-corrected chi connectivity index (χ4v) is 2.97. The lowest BCUT2D eigenvalue weighted by Crippen LogP contribution is -2.28. The van der Waals surface area contributed by atoms with E-state index in [2.05, 4.69) is 0 Å². The molecule has 0 fully saturated rings. The molecule has 0 radical (unpaired) electrons. The molecule has 1 aromatic carbocycles. The van der Waals surface area contributed by atoms with Crippen LogP contribution in [0.3, 0.4) is 0 Å². The first-order valence-corrected chi connectivity index (χ1v) is 7.10. The van der Waals surface area contributed by atoms with Gasteiger partial charge in [0.1, 0.15) is 17.7 Å². The summed E-state index contributed by atoms with van der Waals surface area (Å²) in [6, 6.07) is 7.89. The van der Waals surface area contributed by atoms with Crippen molar-refractivity contribution in [3.05, 3.63) is 50.9 Å². The van der Waals surface area contributed by atoms with Gasteiger partial charge in [0, 0.05) is 15.8 Å². The highest BCUT2D eigenvalue weighted by Gasteiger charge is 2.21. The summed E-state index contributed by atoms with van der Waals surface area (Å²) in [4.78, 5) is 2.22. The lowest BCUT2D eigenvalue weighted by Gasteiger charge is -2.22. The highest BCUT2D eigenvalue weighted by Crippen LogP contribution is 2.33. The molecular weight excluding hydrogens is 285 g/mol. The molecule has 1 aromatic heterocycles. The van der Waals surface area contributed by atoms with Crippen molar-refractivity contribution in [2.45, 2.75) is 26.0 Å². The summed E-state index contributed by atoms with van der Waals surface area (Å²) in [5, 5.41) is 0.249. The molecule has 5 heteroatoms. The van der Waals surface area contributed by atoms with Crippen molar-refractivity contribution >= 4 is 22.9 Å². The highest BCUT2D eigenvalue weighted by atomic mass is 35.5. The van der Waals surface area contributed by atoms with E-state index in [0.29, 0.717) is 5.75 Å². The van der Waals surface area contributed by atoms with Crippen LogP contribution >= 0.6 is 22.9 Å². The second kappa shape index (κ2) is 5.90. The Hall–Kier alpha value is -1.10. The normalized spacial score (nSPS) is 14.2. The molecule has 2 aromatic rings. The summed E-state index contributed by atoms with van der Waals surface area (Å²) >= 11 is 7.60. The maximum Gasteiger partial charge on any atom is 0.148 e. The minimum absolute atomic E-state index is 0.195. The van der Waals surface area contributed by atoms with Gasteiger partial charge >= 0.3 is 0 Å². The summed E-state index contributed by atoms with van der Waals surface area (Å²) in [6.07, 6.45) is -0.290. The topological polar surface area (TPSA) is 35.2 Å². The van der Waals surface area contributed by atoms with Gasteiger partial charge in [0.15, 0.2) is 0 Å². The van der Waals surface area contributed by atoms with Gasteiger partial charge in [0.25, 0.3) is 0 Å². The average Bonchev–Trinajstić information content (AvgIpc) is 2.74. The lowest BCUT2D eigenvalue weighted by molar-refractivity contribution is 0.184. The van der Waals surface area contributed by atoms with Gasteiger partial charge in [-0.3, -0.25) is 0 Å². The maximum absolute atomic E-state index is 13.0. The predicted molar refractivity (Wildman–Crippen MR) is 77.5 cm³/mol. The molecule has 0 spiro atoms. The van der Waals surface area contributed by atoms with E-state index in [-0.39, 0.29) is 23.0 Å². The van der Waals surface area contributed by atoms with Crippen molar-refractivity contribution in [2.75, 3.05) is 0 Å². The summed E-state index contributed by atoms with van der Waals surface area (Å²) in [5.41, 5.74) is 5.97. The molecule has 2 rings (SSSR count). The first-order chi connectivity index (χ1) is 8.97. The molecule has 102 valence electrons. The zero-order chi connectivity index (χ0) is 14.0. The van der Waals surface area contributed by atoms with E-state index in [1.165, 1.54) is 23.1 Å². The molecule has 2 unspecified atom stereocenters. The monoisotopic (exact) mass is 299 g/mol. The van der Waals surface area contributed by atoms with E-state index in [4.69, 9.17) is 22.1 Å². The van der Waals surface area contributed by atoms with Crippen molar-refractivity contribution < 1.29 is 9.13 Å². The average molecular weight is 300 g/mol. The molecule has 0 bridgehead atoms. The van der Waals surface area contributed by atoms with Gasteiger partial charge in [-0.05, 0) is 44.2 Å².